The molecule has 2 N–H and O–H groups in total. The first kappa shape index (κ1) is 14.9. The molecule has 1 amide bonds. The number of amides is 1. The summed E-state index contributed by atoms with van der Waals surface area (Å²) in [5.41, 5.74) is 5.65. The van der Waals surface area contributed by atoms with Crippen LogP contribution >= 0.6 is 23.8 Å². The fourth-order valence-electron chi connectivity index (χ4n) is 1.38. The second-order valence-electron chi connectivity index (χ2n) is 3.96. The van der Waals surface area contributed by atoms with Gasteiger partial charge in [-0.15, -0.1) is 0 Å². The second kappa shape index (κ2) is 6.11. The third kappa shape index (κ3) is 3.40. The molecule has 0 aromatic heterocycles. The minimum Gasteiger partial charge on any atom is -0.392 e. The van der Waals surface area contributed by atoms with Crippen LogP contribution in [0.1, 0.15) is 12.5 Å². The van der Waals surface area contributed by atoms with E-state index in [4.69, 9.17) is 29.6 Å². The van der Waals surface area contributed by atoms with E-state index >= 15 is 0 Å². The van der Waals surface area contributed by atoms with Crippen molar-refractivity contribution >= 4 is 34.7 Å². The van der Waals surface area contributed by atoms with Crippen molar-refractivity contribution in [2.45, 2.75) is 19.4 Å². The Balaban J connectivity index is 2.85. The highest BCUT2D eigenvalue weighted by Gasteiger charge is 2.20. The Morgan fingerprint density at radius 3 is 2.72 bits per heavy atom. The molecule has 3 nitrogen and oxygen atoms in total. The van der Waals surface area contributed by atoms with Gasteiger partial charge in [-0.05, 0) is 19.1 Å². The predicted octanol–water partition coefficient (Wildman–Crippen LogP) is 2.15. The number of carbonyl (C=O) groups excluding carboxylic acids is 1. The van der Waals surface area contributed by atoms with E-state index in [9.17, 15) is 9.18 Å². The predicted molar refractivity (Wildman–Crippen MR) is 74.1 cm³/mol. The van der Waals surface area contributed by atoms with Gasteiger partial charge >= 0.3 is 0 Å². The molecule has 1 aromatic carbocycles. The van der Waals surface area contributed by atoms with E-state index in [0.29, 0.717) is 0 Å². The number of nitrogens with two attached hydrogens (primary N) is 1. The number of likely N-dealkylation sites (N-methyl/N-ethyl adjacent to an activating group) is 1. The number of thiocarbonyl (C=S) groups is 1. The lowest BCUT2D eigenvalue weighted by molar-refractivity contribution is -0.129. The van der Waals surface area contributed by atoms with Gasteiger partial charge in [-0.3, -0.25) is 4.79 Å². The number of carbonyl (C=O) groups is 1. The highest BCUT2D eigenvalue weighted by Crippen LogP contribution is 2.20. The number of rotatable bonds is 4. The number of hydrogen-bond donors (Lipinski definition) is 1. The van der Waals surface area contributed by atoms with Crippen LogP contribution in [0, 0.1) is 5.82 Å². The second-order valence-corrected chi connectivity index (χ2v) is 4.84. The van der Waals surface area contributed by atoms with Gasteiger partial charge in [0, 0.05) is 17.6 Å². The van der Waals surface area contributed by atoms with Gasteiger partial charge in [-0.2, -0.15) is 0 Å². The van der Waals surface area contributed by atoms with Crippen LogP contribution in [0.25, 0.3) is 0 Å². The number of nitrogens with zero attached hydrogens (tertiary/aromatic N) is 1. The number of hydrogen-bond acceptors (Lipinski definition) is 2. The molecule has 1 atom stereocenters. The lowest BCUT2D eigenvalue weighted by Crippen LogP contribution is -2.43. The first-order valence-electron chi connectivity index (χ1n) is 5.32. The summed E-state index contributed by atoms with van der Waals surface area (Å²) in [6, 6.07) is 3.93. The van der Waals surface area contributed by atoms with Gasteiger partial charge in [0.1, 0.15) is 5.82 Å². The molecule has 0 saturated carbocycles. The molecular weight excluding hydrogens is 275 g/mol. The van der Waals surface area contributed by atoms with Gasteiger partial charge in [-0.1, -0.05) is 29.9 Å². The molecule has 0 saturated heterocycles. The summed E-state index contributed by atoms with van der Waals surface area (Å²) in [6.45, 7) is 1.71. The van der Waals surface area contributed by atoms with Crippen molar-refractivity contribution in [2.24, 2.45) is 5.73 Å². The fraction of sp³-hybridized carbons (Fsp3) is 0.333. The summed E-state index contributed by atoms with van der Waals surface area (Å²) in [4.78, 5) is 13.5. The Labute approximate surface area is 116 Å². The first-order chi connectivity index (χ1) is 8.34. The van der Waals surface area contributed by atoms with Gasteiger partial charge in [-0.25, -0.2) is 4.39 Å². The zero-order valence-electron chi connectivity index (χ0n) is 10.1. The van der Waals surface area contributed by atoms with Crippen molar-refractivity contribution in [3.63, 3.8) is 0 Å². The molecule has 0 aliphatic rings. The lowest BCUT2D eigenvalue weighted by Gasteiger charge is -2.24. The number of halogens is 2. The van der Waals surface area contributed by atoms with Gasteiger partial charge in [0.15, 0.2) is 0 Å². The van der Waals surface area contributed by atoms with E-state index in [1.54, 1.807) is 20.0 Å². The molecule has 0 fully saturated rings. The summed E-state index contributed by atoms with van der Waals surface area (Å²) >= 11 is 10.7. The van der Waals surface area contributed by atoms with E-state index in [-0.39, 0.29) is 33.9 Å². The van der Waals surface area contributed by atoms with Crippen molar-refractivity contribution in [2.75, 3.05) is 7.05 Å². The minimum absolute atomic E-state index is 0.116. The van der Waals surface area contributed by atoms with Crippen molar-refractivity contribution < 1.29 is 9.18 Å². The normalized spacial score (nSPS) is 12.0. The van der Waals surface area contributed by atoms with E-state index in [1.807, 2.05) is 0 Å². The average Bonchev–Trinajstić information content (AvgIpc) is 2.31. The monoisotopic (exact) mass is 288 g/mol. The van der Waals surface area contributed by atoms with Gasteiger partial charge in [0.2, 0.25) is 5.91 Å². The third-order valence-electron chi connectivity index (χ3n) is 2.78. The number of benzene rings is 1. The zero-order chi connectivity index (χ0) is 13.9. The van der Waals surface area contributed by atoms with E-state index in [0.717, 1.165) is 0 Å². The molecule has 0 bridgehead atoms. The molecule has 1 aromatic rings. The SMILES string of the molecule is CC(C(N)=S)N(C)C(=O)Cc1c(F)cccc1Cl. The highest BCUT2D eigenvalue weighted by atomic mass is 35.5. The molecule has 0 aliphatic carbocycles. The molecule has 0 radical (unpaired) electrons. The maximum atomic E-state index is 13.5. The minimum atomic E-state index is -0.493. The molecule has 1 rings (SSSR count). The molecule has 0 heterocycles. The Kier molecular flexibility index (Phi) is 5.04. The summed E-state index contributed by atoms with van der Waals surface area (Å²) in [5, 5.41) is 0.236. The van der Waals surface area contributed by atoms with Crippen LogP contribution in [0.4, 0.5) is 4.39 Å². The van der Waals surface area contributed by atoms with Gasteiger partial charge in [0.25, 0.3) is 0 Å². The molecule has 98 valence electrons. The van der Waals surface area contributed by atoms with Crippen LogP contribution in [0.5, 0.6) is 0 Å². The molecule has 6 heteroatoms. The van der Waals surface area contributed by atoms with E-state index in [1.165, 1.54) is 17.0 Å². The average molecular weight is 289 g/mol. The van der Waals surface area contributed by atoms with Crippen molar-refractivity contribution in [3.8, 4) is 0 Å². The highest BCUT2D eigenvalue weighted by molar-refractivity contribution is 7.80. The van der Waals surface area contributed by atoms with Crippen molar-refractivity contribution in [1.29, 1.82) is 0 Å². The van der Waals surface area contributed by atoms with Crippen LogP contribution in [0.15, 0.2) is 18.2 Å². The summed E-state index contributed by atoms with van der Waals surface area (Å²) in [6.07, 6.45) is -0.116. The molecule has 18 heavy (non-hydrogen) atoms. The topological polar surface area (TPSA) is 46.3 Å². The molecule has 0 spiro atoms. The summed E-state index contributed by atoms with van der Waals surface area (Å²) in [7, 11) is 1.57. The summed E-state index contributed by atoms with van der Waals surface area (Å²) in [5.74, 6) is -0.783. The van der Waals surface area contributed by atoms with Crippen LogP contribution in [0.3, 0.4) is 0 Å². The van der Waals surface area contributed by atoms with Crippen LogP contribution in [-0.2, 0) is 11.2 Å². The Bertz CT molecular complexity index is 461. The van der Waals surface area contributed by atoms with Crippen LogP contribution in [-0.4, -0.2) is 28.9 Å². The maximum absolute atomic E-state index is 13.5. The van der Waals surface area contributed by atoms with E-state index in [2.05, 4.69) is 0 Å². The van der Waals surface area contributed by atoms with Crippen molar-refractivity contribution in [1.82, 2.24) is 4.90 Å². The van der Waals surface area contributed by atoms with Crippen LogP contribution < -0.4 is 5.73 Å². The quantitative estimate of drug-likeness (QED) is 0.864. The molecular formula is C12H14ClFN2OS. The Hall–Kier alpha value is -1.20. The lowest BCUT2D eigenvalue weighted by atomic mass is 10.1. The van der Waals surface area contributed by atoms with Gasteiger partial charge in [0.05, 0.1) is 17.5 Å². The smallest absolute Gasteiger partial charge is 0.227 e. The van der Waals surface area contributed by atoms with Gasteiger partial charge < -0.3 is 10.6 Å². The van der Waals surface area contributed by atoms with E-state index < -0.39 is 5.82 Å². The Morgan fingerprint density at radius 1 is 1.61 bits per heavy atom. The largest absolute Gasteiger partial charge is 0.392 e. The Morgan fingerprint density at radius 2 is 2.22 bits per heavy atom. The standard InChI is InChI=1S/C12H14ClFN2OS/c1-7(12(15)18)16(2)11(17)6-8-9(13)4-3-5-10(8)14/h3-5,7H,6H2,1-2H3,(H2,15,18). The fourth-order valence-corrected chi connectivity index (χ4v) is 1.77. The van der Waals surface area contributed by atoms with Crippen LogP contribution in [0.2, 0.25) is 5.02 Å². The first-order valence-corrected chi connectivity index (χ1v) is 6.11. The molecule has 1 unspecified atom stereocenters. The molecule has 0 aliphatic heterocycles. The summed E-state index contributed by atoms with van der Waals surface area (Å²) < 4.78 is 13.5. The van der Waals surface area contributed by atoms with Crippen molar-refractivity contribution in [3.05, 3.63) is 34.6 Å². The maximum Gasteiger partial charge on any atom is 0.227 e. The third-order valence-corrected chi connectivity index (χ3v) is 3.47. The zero-order valence-corrected chi connectivity index (χ0v) is 11.7.